The van der Waals surface area contributed by atoms with Crippen molar-refractivity contribution in [2.45, 2.75) is 52.1 Å². The van der Waals surface area contributed by atoms with Crippen molar-refractivity contribution in [3.63, 3.8) is 0 Å². The van der Waals surface area contributed by atoms with Gasteiger partial charge in [0.2, 0.25) is 0 Å². The Morgan fingerprint density at radius 1 is 0.974 bits per heavy atom. The maximum Gasteiger partial charge on any atom is 0.323 e. The fourth-order valence-electron chi connectivity index (χ4n) is 5.72. The van der Waals surface area contributed by atoms with E-state index >= 15 is 0 Å². The van der Waals surface area contributed by atoms with Crippen LogP contribution in [-0.2, 0) is 19.4 Å². The van der Waals surface area contributed by atoms with Gasteiger partial charge < -0.3 is 24.3 Å². The zero-order valence-corrected chi connectivity index (χ0v) is 22.7. The number of nitrogens with zero attached hydrogens (tertiary/aromatic N) is 2. The van der Waals surface area contributed by atoms with E-state index in [0.717, 1.165) is 29.8 Å². The molecule has 2 aromatic carbocycles. The second kappa shape index (κ2) is 10.6. The molecule has 0 radical (unpaired) electrons. The summed E-state index contributed by atoms with van der Waals surface area (Å²) < 4.78 is 14.0. The number of fused-ring (bicyclic) bond motifs is 5. The van der Waals surface area contributed by atoms with Crippen molar-refractivity contribution in [3.8, 4) is 16.5 Å². The molecule has 0 bridgehead atoms. The highest BCUT2D eigenvalue weighted by Gasteiger charge is 2.36. The number of aromatic nitrogens is 1. The van der Waals surface area contributed by atoms with Gasteiger partial charge in [-0.15, -0.1) is 11.3 Å². The lowest BCUT2D eigenvalue weighted by Gasteiger charge is -2.32. The third-order valence-corrected chi connectivity index (χ3v) is 8.69. The zero-order chi connectivity index (χ0) is 26.1. The molecule has 7 heteroatoms. The Kier molecular flexibility index (Phi) is 6.85. The maximum atomic E-state index is 14.2. The number of urea groups is 1. The van der Waals surface area contributed by atoms with Crippen LogP contribution in [0.15, 0.2) is 66.9 Å². The van der Waals surface area contributed by atoms with E-state index in [0.29, 0.717) is 31.2 Å². The van der Waals surface area contributed by atoms with Gasteiger partial charge in [-0.2, -0.15) is 0 Å². The minimum Gasteiger partial charge on any atom is -0.494 e. The molecule has 1 aliphatic carbocycles. The Hall–Kier alpha value is -3.71. The summed E-state index contributed by atoms with van der Waals surface area (Å²) in [5, 5.41) is 4.43. The van der Waals surface area contributed by atoms with Gasteiger partial charge in [0.1, 0.15) is 16.5 Å². The first-order valence-electron chi connectivity index (χ1n) is 13.5. The van der Waals surface area contributed by atoms with Crippen LogP contribution in [0.5, 0.6) is 11.5 Å². The maximum absolute atomic E-state index is 14.2. The minimum atomic E-state index is -0.288. The molecule has 3 heterocycles. The predicted molar refractivity (Wildman–Crippen MR) is 152 cm³/mol. The van der Waals surface area contributed by atoms with E-state index < -0.39 is 0 Å². The molecule has 1 aliphatic heterocycles. The Bertz CT molecular complexity index is 1460. The van der Waals surface area contributed by atoms with Crippen molar-refractivity contribution in [2.75, 3.05) is 18.5 Å². The predicted octanol–water partition coefficient (Wildman–Crippen LogP) is 7.35. The summed E-state index contributed by atoms with van der Waals surface area (Å²) in [7, 11) is 0. The number of nitrogens with one attached hydrogen (secondary N) is 1. The van der Waals surface area contributed by atoms with E-state index in [9.17, 15) is 4.79 Å². The number of benzene rings is 2. The molecule has 1 unspecified atom stereocenters. The number of anilines is 1. The lowest BCUT2D eigenvalue weighted by Crippen LogP contribution is -2.38. The van der Waals surface area contributed by atoms with Crippen molar-refractivity contribution >= 4 is 23.1 Å². The Balaban J connectivity index is 1.48. The number of aryl methyl sites for hydroxylation is 1. The smallest absolute Gasteiger partial charge is 0.323 e. The second-order valence-electron chi connectivity index (χ2n) is 9.69. The van der Waals surface area contributed by atoms with Gasteiger partial charge in [0.05, 0.1) is 37.2 Å². The topological polar surface area (TPSA) is 55.7 Å². The standard InChI is InChI=1S/C31H33N3O3S/c1-3-36-22-12-9-11-21(19-22)29-26-15-10-18-33(26)30-24(23-13-5-8-17-28(23)38-30)20-34(29)31(35)32-25-14-6-7-16-27(25)37-4-2/h6-7,9-12,14-16,18-19,29H,3-5,8,13,17,20H2,1-2H3,(H,32,35). The molecule has 38 heavy (non-hydrogen) atoms. The molecule has 0 spiro atoms. The number of hydrogen-bond donors (Lipinski definition) is 1. The first-order valence-corrected chi connectivity index (χ1v) is 14.3. The molecule has 6 nitrogen and oxygen atoms in total. The molecule has 2 aromatic heterocycles. The van der Waals surface area contributed by atoms with Crippen molar-refractivity contribution in [2.24, 2.45) is 0 Å². The SMILES string of the molecule is CCOc1cccc(C2c3cccn3-c3sc4c(c3CN2C(=O)Nc2ccccc2OCC)CCCC4)c1. The van der Waals surface area contributed by atoms with Crippen molar-refractivity contribution < 1.29 is 14.3 Å². The normalized spacial score (nSPS) is 16.2. The lowest BCUT2D eigenvalue weighted by molar-refractivity contribution is 0.194. The van der Waals surface area contributed by atoms with Crippen LogP contribution in [0.1, 0.15) is 60.0 Å². The highest BCUT2D eigenvalue weighted by Crippen LogP contribution is 2.44. The average Bonchev–Trinajstić information content (AvgIpc) is 3.52. The summed E-state index contributed by atoms with van der Waals surface area (Å²) in [6.45, 7) is 5.59. The third kappa shape index (κ3) is 4.45. The summed E-state index contributed by atoms with van der Waals surface area (Å²) in [5.41, 5.74) is 5.48. The molecule has 2 aliphatic rings. The van der Waals surface area contributed by atoms with Gasteiger partial charge in [-0.3, -0.25) is 0 Å². The number of hydrogen-bond acceptors (Lipinski definition) is 4. The third-order valence-electron chi connectivity index (χ3n) is 7.35. The van der Waals surface area contributed by atoms with Crippen LogP contribution < -0.4 is 14.8 Å². The van der Waals surface area contributed by atoms with Crippen LogP contribution in [0.3, 0.4) is 0 Å². The number of ether oxygens (including phenoxy) is 2. The number of amides is 2. The van der Waals surface area contributed by atoms with Gasteiger partial charge in [-0.1, -0.05) is 24.3 Å². The van der Waals surface area contributed by atoms with Gasteiger partial charge in [-0.25, -0.2) is 4.79 Å². The van der Waals surface area contributed by atoms with Crippen molar-refractivity contribution in [1.29, 1.82) is 0 Å². The van der Waals surface area contributed by atoms with Crippen LogP contribution in [0.4, 0.5) is 10.5 Å². The molecule has 196 valence electrons. The fourth-order valence-corrected chi connectivity index (χ4v) is 7.12. The van der Waals surface area contributed by atoms with Gasteiger partial charge in [-0.05, 0) is 87.1 Å². The van der Waals surface area contributed by atoms with Gasteiger partial charge >= 0.3 is 6.03 Å². The number of carbonyl (C=O) groups excluding carboxylic acids is 1. The van der Waals surface area contributed by atoms with Crippen molar-refractivity contribution in [3.05, 3.63) is 94.1 Å². The molecule has 4 aromatic rings. The van der Waals surface area contributed by atoms with Crippen LogP contribution in [-0.4, -0.2) is 28.7 Å². The van der Waals surface area contributed by atoms with Crippen LogP contribution in [0.2, 0.25) is 0 Å². The zero-order valence-electron chi connectivity index (χ0n) is 21.9. The van der Waals surface area contributed by atoms with Gasteiger partial charge in [0.15, 0.2) is 0 Å². The van der Waals surface area contributed by atoms with E-state index in [-0.39, 0.29) is 12.1 Å². The van der Waals surface area contributed by atoms with E-state index in [2.05, 4.69) is 40.3 Å². The number of para-hydroxylation sites is 2. The van der Waals surface area contributed by atoms with Crippen LogP contribution in [0, 0.1) is 0 Å². The molecule has 2 amide bonds. The Labute approximate surface area is 227 Å². The molecule has 1 atom stereocenters. The highest BCUT2D eigenvalue weighted by molar-refractivity contribution is 7.15. The van der Waals surface area contributed by atoms with E-state index in [4.69, 9.17) is 9.47 Å². The monoisotopic (exact) mass is 527 g/mol. The molecule has 0 saturated heterocycles. The van der Waals surface area contributed by atoms with Gasteiger partial charge in [0.25, 0.3) is 0 Å². The average molecular weight is 528 g/mol. The summed E-state index contributed by atoms with van der Waals surface area (Å²) >= 11 is 1.89. The molecule has 0 fully saturated rings. The minimum absolute atomic E-state index is 0.152. The fraction of sp³-hybridized carbons (Fsp3) is 0.323. The molecular formula is C31H33N3O3S. The number of thiophene rings is 1. The summed E-state index contributed by atoms with van der Waals surface area (Å²) in [6.07, 6.45) is 6.77. The summed E-state index contributed by atoms with van der Waals surface area (Å²) in [4.78, 5) is 17.7. The summed E-state index contributed by atoms with van der Waals surface area (Å²) in [5.74, 6) is 1.48. The first-order chi connectivity index (χ1) is 18.7. The molecule has 1 N–H and O–H groups in total. The van der Waals surface area contributed by atoms with Crippen LogP contribution in [0.25, 0.3) is 5.00 Å². The van der Waals surface area contributed by atoms with Crippen molar-refractivity contribution in [1.82, 2.24) is 9.47 Å². The number of carbonyl (C=O) groups is 1. The highest BCUT2D eigenvalue weighted by atomic mass is 32.1. The molecular weight excluding hydrogens is 494 g/mol. The number of rotatable bonds is 6. The summed E-state index contributed by atoms with van der Waals surface area (Å²) in [6, 6.07) is 19.5. The lowest BCUT2D eigenvalue weighted by atomic mass is 9.95. The quantitative estimate of drug-likeness (QED) is 0.285. The van der Waals surface area contributed by atoms with Crippen LogP contribution >= 0.6 is 11.3 Å². The Morgan fingerprint density at radius 3 is 2.68 bits per heavy atom. The largest absolute Gasteiger partial charge is 0.494 e. The Morgan fingerprint density at radius 2 is 1.82 bits per heavy atom. The second-order valence-corrected chi connectivity index (χ2v) is 10.8. The molecule has 0 saturated carbocycles. The molecule has 6 rings (SSSR count). The van der Waals surface area contributed by atoms with E-state index in [1.807, 2.05) is 66.5 Å². The van der Waals surface area contributed by atoms with E-state index in [1.54, 1.807) is 0 Å². The van der Waals surface area contributed by atoms with E-state index in [1.165, 1.54) is 33.8 Å². The van der Waals surface area contributed by atoms with Gasteiger partial charge in [0, 0.05) is 16.6 Å². The first kappa shape index (κ1) is 24.6.